The molecule has 3 nitrogen and oxygen atoms in total. The topological polar surface area (TPSA) is 39.2 Å². The van der Waals surface area contributed by atoms with Gasteiger partial charge in [0.1, 0.15) is 0 Å². The van der Waals surface area contributed by atoms with Crippen LogP contribution in [0.3, 0.4) is 0 Å². The molecule has 0 unspecified atom stereocenters. The highest BCUT2D eigenvalue weighted by Gasteiger charge is 2.33. The van der Waals surface area contributed by atoms with Gasteiger partial charge in [-0.05, 0) is 18.2 Å². The van der Waals surface area contributed by atoms with Crippen LogP contribution >= 0.6 is 34.8 Å². The molecule has 0 aliphatic heterocycles. The first-order valence-electron chi connectivity index (χ1n) is 5.95. The predicted octanol–water partition coefficient (Wildman–Crippen LogP) is 5.51. The summed E-state index contributed by atoms with van der Waals surface area (Å²) in [6, 6.07) is 3.31. The summed E-state index contributed by atoms with van der Waals surface area (Å²) in [7, 11) is 1.04. The zero-order valence-corrected chi connectivity index (χ0v) is 13.6. The largest absolute Gasteiger partial charge is 0.465 e. The van der Waals surface area contributed by atoms with E-state index in [1.54, 1.807) is 0 Å². The number of benzene rings is 1. The normalized spacial score (nSPS) is 11.4. The molecule has 2 aromatic rings. The van der Waals surface area contributed by atoms with E-state index in [1.165, 1.54) is 12.1 Å². The van der Waals surface area contributed by atoms with E-state index >= 15 is 0 Å². The van der Waals surface area contributed by atoms with Gasteiger partial charge in [-0.3, -0.25) is 4.98 Å². The van der Waals surface area contributed by atoms with Gasteiger partial charge in [0.15, 0.2) is 0 Å². The van der Waals surface area contributed by atoms with Gasteiger partial charge in [0.05, 0.1) is 34.0 Å². The SMILES string of the molecule is COC(=O)c1cc(C(F)(F)F)cnc1-c1c(Cl)cc(Cl)cc1Cl. The van der Waals surface area contributed by atoms with Crippen LogP contribution in [0.1, 0.15) is 15.9 Å². The summed E-state index contributed by atoms with van der Waals surface area (Å²) < 4.78 is 43.0. The molecule has 0 fully saturated rings. The Hall–Kier alpha value is -1.50. The first-order valence-corrected chi connectivity index (χ1v) is 7.09. The lowest BCUT2D eigenvalue weighted by molar-refractivity contribution is -0.137. The van der Waals surface area contributed by atoms with Crippen LogP contribution in [-0.2, 0) is 10.9 Å². The molecule has 2 rings (SSSR count). The van der Waals surface area contributed by atoms with Crippen molar-refractivity contribution in [1.29, 1.82) is 0 Å². The minimum Gasteiger partial charge on any atom is -0.465 e. The van der Waals surface area contributed by atoms with Crippen LogP contribution in [0.25, 0.3) is 11.3 Å². The molecule has 0 saturated carbocycles. The van der Waals surface area contributed by atoms with E-state index in [-0.39, 0.29) is 26.3 Å². The molecule has 0 bridgehead atoms. The van der Waals surface area contributed by atoms with Crippen LogP contribution in [0.2, 0.25) is 15.1 Å². The number of rotatable bonds is 2. The Morgan fingerprint density at radius 3 is 2.17 bits per heavy atom. The number of esters is 1. The molecule has 0 aliphatic carbocycles. The fourth-order valence-corrected chi connectivity index (χ4v) is 2.85. The van der Waals surface area contributed by atoms with E-state index in [4.69, 9.17) is 34.8 Å². The number of hydrogen-bond donors (Lipinski definition) is 0. The third-order valence-electron chi connectivity index (χ3n) is 2.86. The molecule has 9 heteroatoms. The fourth-order valence-electron chi connectivity index (χ4n) is 1.85. The maximum Gasteiger partial charge on any atom is 0.417 e. The third kappa shape index (κ3) is 3.71. The Kier molecular flexibility index (Phi) is 5.08. The fraction of sp³-hybridized carbons (Fsp3) is 0.143. The van der Waals surface area contributed by atoms with Crippen LogP contribution < -0.4 is 0 Å². The van der Waals surface area contributed by atoms with Crippen LogP contribution in [0.15, 0.2) is 24.4 Å². The minimum atomic E-state index is -4.66. The second kappa shape index (κ2) is 6.55. The molecule has 122 valence electrons. The van der Waals surface area contributed by atoms with Crippen LogP contribution in [0.4, 0.5) is 13.2 Å². The van der Waals surface area contributed by atoms with Crippen molar-refractivity contribution < 1.29 is 22.7 Å². The van der Waals surface area contributed by atoms with Crippen molar-refractivity contribution in [2.24, 2.45) is 0 Å². The Labute approximate surface area is 143 Å². The quantitative estimate of drug-likeness (QED) is 0.641. The molecule has 0 radical (unpaired) electrons. The van der Waals surface area contributed by atoms with E-state index in [9.17, 15) is 18.0 Å². The van der Waals surface area contributed by atoms with Crippen molar-refractivity contribution in [2.75, 3.05) is 7.11 Å². The van der Waals surface area contributed by atoms with Gasteiger partial charge in [-0.2, -0.15) is 13.2 Å². The van der Waals surface area contributed by atoms with Crippen molar-refractivity contribution in [3.63, 3.8) is 0 Å². The molecule has 0 aliphatic rings. The van der Waals surface area contributed by atoms with Gasteiger partial charge in [-0.15, -0.1) is 0 Å². The average molecular weight is 385 g/mol. The monoisotopic (exact) mass is 383 g/mol. The lowest BCUT2D eigenvalue weighted by Crippen LogP contribution is -2.11. The number of pyridine rings is 1. The van der Waals surface area contributed by atoms with Gasteiger partial charge in [0.25, 0.3) is 0 Å². The highest BCUT2D eigenvalue weighted by Crippen LogP contribution is 2.39. The number of carbonyl (C=O) groups is 1. The smallest absolute Gasteiger partial charge is 0.417 e. The molecule has 1 heterocycles. The highest BCUT2D eigenvalue weighted by molar-refractivity contribution is 6.42. The van der Waals surface area contributed by atoms with Crippen LogP contribution in [-0.4, -0.2) is 18.1 Å². The number of aromatic nitrogens is 1. The summed E-state index contributed by atoms with van der Waals surface area (Å²) in [6.45, 7) is 0. The maximum absolute atomic E-state index is 12.8. The molecular formula is C14H7Cl3F3NO2. The standard InChI is InChI=1S/C14H7Cl3F3NO2/c1-23-13(22)8-2-6(14(18,19)20)5-21-12(8)11-9(16)3-7(15)4-10(11)17/h2-5H,1H3. The molecule has 0 N–H and O–H groups in total. The second-order valence-electron chi connectivity index (χ2n) is 4.35. The number of alkyl halides is 3. The van der Waals surface area contributed by atoms with Crippen LogP contribution in [0.5, 0.6) is 0 Å². The summed E-state index contributed by atoms with van der Waals surface area (Å²) in [5.74, 6) is -0.999. The Balaban J connectivity index is 2.75. The third-order valence-corrected chi connectivity index (χ3v) is 3.68. The van der Waals surface area contributed by atoms with Crippen molar-refractivity contribution in [3.05, 3.63) is 50.6 Å². The molecule has 0 spiro atoms. The van der Waals surface area contributed by atoms with Crippen LogP contribution in [0, 0.1) is 0 Å². The molecule has 1 aromatic carbocycles. The number of ether oxygens (including phenoxy) is 1. The van der Waals surface area contributed by atoms with E-state index in [0.717, 1.165) is 7.11 Å². The summed E-state index contributed by atoms with van der Waals surface area (Å²) in [6.07, 6.45) is -4.08. The Bertz CT molecular complexity index is 755. The van der Waals surface area contributed by atoms with E-state index in [0.29, 0.717) is 12.3 Å². The van der Waals surface area contributed by atoms with E-state index in [1.807, 2.05) is 0 Å². The first kappa shape index (κ1) is 17.8. The summed E-state index contributed by atoms with van der Waals surface area (Å²) in [4.78, 5) is 15.5. The zero-order chi connectivity index (χ0) is 17.4. The zero-order valence-electron chi connectivity index (χ0n) is 11.3. The number of nitrogens with zero attached hydrogens (tertiary/aromatic N) is 1. The second-order valence-corrected chi connectivity index (χ2v) is 5.60. The number of carbonyl (C=O) groups excluding carboxylic acids is 1. The van der Waals surface area contributed by atoms with Crippen molar-refractivity contribution in [3.8, 4) is 11.3 Å². The van der Waals surface area contributed by atoms with E-state index < -0.39 is 23.3 Å². The number of halogens is 6. The van der Waals surface area contributed by atoms with Crippen molar-refractivity contribution in [1.82, 2.24) is 4.98 Å². The minimum absolute atomic E-state index is 0.0416. The molecule has 23 heavy (non-hydrogen) atoms. The van der Waals surface area contributed by atoms with Gasteiger partial charge in [0.2, 0.25) is 0 Å². The molecule has 1 aromatic heterocycles. The Morgan fingerprint density at radius 1 is 1.13 bits per heavy atom. The molecule has 0 saturated heterocycles. The average Bonchev–Trinajstić information content (AvgIpc) is 2.44. The lowest BCUT2D eigenvalue weighted by atomic mass is 10.0. The lowest BCUT2D eigenvalue weighted by Gasteiger charge is -2.13. The summed E-state index contributed by atoms with van der Waals surface area (Å²) in [5.41, 5.74) is -1.54. The molecular weight excluding hydrogens is 378 g/mol. The van der Waals surface area contributed by atoms with Crippen molar-refractivity contribution in [2.45, 2.75) is 6.18 Å². The van der Waals surface area contributed by atoms with Gasteiger partial charge < -0.3 is 4.74 Å². The molecule has 0 atom stereocenters. The first-order chi connectivity index (χ1) is 10.6. The summed E-state index contributed by atoms with van der Waals surface area (Å²) in [5, 5.41) is 0.315. The summed E-state index contributed by atoms with van der Waals surface area (Å²) >= 11 is 17.9. The van der Waals surface area contributed by atoms with Gasteiger partial charge >= 0.3 is 12.1 Å². The predicted molar refractivity (Wildman–Crippen MR) is 81.0 cm³/mol. The Morgan fingerprint density at radius 2 is 1.70 bits per heavy atom. The van der Waals surface area contributed by atoms with Gasteiger partial charge in [-0.1, -0.05) is 34.8 Å². The number of methoxy groups -OCH3 is 1. The van der Waals surface area contributed by atoms with Gasteiger partial charge in [-0.25, -0.2) is 4.79 Å². The maximum atomic E-state index is 12.8. The number of hydrogen-bond acceptors (Lipinski definition) is 3. The van der Waals surface area contributed by atoms with Gasteiger partial charge in [0, 0.05) is 16.8 Å². The van der Waals surface area contributed by atoms with E-state index in [2.05, 4.69) is 9.72 Å². The molecule has 0 amide bonds. The van der Waals surface area contributed by atoms with Crippen molar-refractivity contribution >= 4 is 40.8 Å². The highest BCUT2D eigenvalue weighted by atomic mass is 35.5.